The lowest BCUT2D eigenvalue weighted by molar-refractivity contribution is 0.102. The van der Waals surface area contributed by atoms with E-state index in [4.69, 9.17) is 0 Å². The van der Waals surface area contributed by atoms with Gasteiger partial charge in [-0.1, -0.05) is 6.07 Å². The summed E-state index contributed by atoms with van der Waals surface area (Å²) < 4.78 is 26.1. The van der Waals surface area contributed by atoms with E-state index >= 15 is 0 Å². The van der Waals surface area contributed by atoms with Crippen LogP contribution in [-0.4, -0.2) is 15.9 Å². The Hall–Kier alpha value is -3.35. The Morgan fingerprint density at radius 3 is 2.23 bits per heavy atom. The van der Waals surface area contributed by atoms with Gasteiger partial charge in [0.15, 0.2) is 11.6 Å². The molecule has 1 heterocycles. The Labute approximate surface area is 149 Å². The summed E-state index contributed by atoms with van der Waals surface area (Å²) in [6.45, 7) is 3.89. The van der Waals surface area contributed by atoms with Gasteiger partial charge >= 0.3 is 0 Å². The zero-order chi connectivity index (χ0) is 18.7. The quantitative estimate of drug-likeness (QED) is 0.730. The number of anilines is 3. The molecule has 7 heteroatoms. The Kier molecular flexibility index (Phi) is 4.88. The first kappa shape index (κ1) is 17.5. The van der Waals surface area contributed by atoms with Crippen LogP contribution in [0.1, 0.15) is 21.6 Å². The summed E-state index contributed by atoms with van der Waals surface area (Å²) in [5.74, 6) is -1.98. The largest absolute Gasteiger partial charge is 0.339 e. The Morgan fingerprint density at radius 2 is 1.62 bits per heavy atom. The van der Waals surface area contributed by atoms with Crippen LogP contribution in [0.5, 0.6) is 0 Å². The van der Waals surface area contributed by atoms with Crippen LogP contribution in [0.25, 0.3) is 0 Å². The first-order chi connectivity index (χ1) is 12.4. The molecule has 3 aromatic rings. The lowest BCUT2D eigenvalue weighted by Gasteiger charge is -2.08. The Balaban J connectivity index is 1.70. The monoisotopic (exact) mass is 354 g/mol. The number of benzene rings is 2. The van der Waals surface area contributed by atoms with E-state index in [1.165, 1.54) is 18.5 Å². The van der Waals surface area contributed by atoms with Gasteiger partial charge in [0.2, 0.25) is 0 Å². The van der Waals surface area contributed by atoms with Gasteiger partial charge in [-0.15, -0.1) is 0 Å². The van der Waals surface area contributed by atoms with Crippen LogP contribution in [0.4, 0.5) is 26.0 Å². The zero-order valence-electron chi connectivity index (χ0n) is 14.2. The van der Waals surface area contributed by atoms with Crippen molar-refractivity contribution in [3.05, 3.63) is 77.2 Å². The molecule has 0 aliphatic heterocycles. The highest BCUT2D eigenvalue weighted by Crippen LogP contribution is 2.18. The maximum Gasteiger partial charge on any atom is 0.275 e. The van der Waals surface area contributed by atoms with Crippen LogP contribution in [0.3, 0.4) is 0 Å². The van der Waals surface area contributed by atoms with Crippen LogP contribution in [-0.2, 0) is 0 Å². The predicted molar refractivity (Wildman–Crippen MR) is 95.5 cm³/mol. The number of amides is 1. The number of aromatic nitrogens is 2. The standard InChI is InChI=1S/C19H16F2N4O/c1-11-5-12(2)7-14(6-11)25-19(26)17-9-23-18(10-22-17)24-13-3-4-15(20)16(21)8-13/h3-10H,1-2H3,(H,23,24)(H,25,26). The molecule has 2 aromatic carbocycles. The molecule has 0 atom stereocenters. The van der Waals surface area contributed by atoms with Crippen molar-refractivity contribution < 1.29 is 13.6 Å². The second-order valence-electron chi connectivity index (χ2n) is 5.87. The van der Waals surface area contributed by atoms with E-state index in [1.807, 2.05) is 32.0 Å². The SMILES string of the molecule is Cc1cc(C)cc(NC(=O)c2cnc(Nc3ccc(F)c(F)c3)cn2)c1. The summed E-state index contributed by atoms with van der Waals surface area (Å²) in [6.07, 6.45) is 2.65. The molecule has 0 saturated carbocycles. The van der Waals surface area contributed by atoms with Crippen molar-refractivity contribution in [2.45, 2.75) is 13.8 Å². The van der Waals surface area contributed by atoms with Crippen LogP contribution in [0.2, 0.25) is 0 Å². The molecule has 132 valence electrons. The molecule has 1 aromatic heterocycles. The zero-order valence-corrected chi connectivity index (χ0v) is 14.2. The lowest BCUT2D eigenvalue weighted by Crippen LogP contribution is -2.14. The van der Waals surface area contributed by atoms with Gasteiger partial charge in [-0.25, -0.2) is 18.7 Å². The number of halogens is 2. The van der Waals surface area contributed by atoms with E-state index in [2.05, 4.69) is 20.6 Å². The highest BCUT2D eigenvalue weighted by molar-refractivity contribution is 6.02. The van der Waals surface area contributed by atoms with E-state index in [0.717, 1.165) is 23.3 Å². The van der Waals surface area contributed by atoms with Gasteiger partial charge < -0.3 is 10.6 Å². The van der Waals surface area contributed by atoms with Gasteiger partial charge in [-0.05, 0) is 49.2 Å². The fourth-order valence-electron chi connectivity index (χ4n) is 2.47. The average Bonchev–Trinajstić information content (AvgIpc) is 2.58. The van der Waals surface area contributed by atoms with Crippen LogP contribution in [0.15, 0.2) is 48.8 Å². The van der Waals surface area contributed by atoms with E-state index in [-0.39, 0.29) is 11.6 Å². The second kappa shape index (κ2) is 7.26. The van der Waals surface area contributed by atoms with Crippen LogP contribution >= 0.6 is 0 Å². The summed E-state index contributed by atoms with van der Waals surface area (Å²) in [5, 5.41) is 5.56. The van der Waals surface area contributed by atoms with E-state index < -0.39 is 11.6 Å². The molecule has 2 N–H and O–H groups in total. The lowest BCUT2D eigenvalue weighted by atomic mass is 10.1. The number of hydrogen-bond donors (Lipinski definition) is 2. The van der Waals surface area contributed by atoms with Crippen molar-refractivity contribution >= 4 is 23.1 Å². The fourth-order valence-corrected chi connectivity index (χ4v) is 2.47. The van der Waals surface area contributed by atoms with Gasteiger partial charge in [0.1, 0.15) is 11.5 Å². The number of hydrogen-bond acceptors (Lipinski definition) is 4. The maximum absolute atomic E-state index is 13.2. The molecule has 0 bridgehead atoms. The third kappa shape index (κ3) is 4.18. The second-order valence-corrected chi connectivity index (χ2v) is 5.87. The summed E-state index contributed by atoms with van der Waals surface area (Å²) in [7, 11) is 0. The first-order valence-electron chi connectivity index (χ1n) is 7.84. The Morgan fingerprint density at radius 1 is 0.885 bits per heavy atom. The highest BCUT2D eigenvalue weighted by Gasteiger charge is 2.10. The predicted octanol–water partition coefficient (Wildman–Crippen LogP) is 4.37. The van der Waals surface area contributed by atoms with E-state index in [1.54, 1.807) is 0 Å². The number of carbonyl (C=O) groups is 1. The molecule has 0 spiro atoms. The Bertz CT molecular complexity index is 938. The van der Waals surface area contributed by atoms with Crippen LogP contribution in [0, 0.1) is 25.5 Å². The van der Waals surface area contributed by atoms with Gasteiger partial charge in [-0.3, -0.25) is 4.79 Å². The third-order valence-corrected chi connectivity index (χ3v) is 3.56. The molecular formula is C19H16F2N4O. The fraction of sp³-hybridized carbons (Fsp3) is 0.105. The van der Waals surface area contributed by atoms with Crippen molar-refractivity contribution in [3.63, 3.8) is 0 Å². The third-order valence-electron chi connectivity index (χ3n) is 3.56. The van der Waals surface area contributed by atoms with Crippen LogP contribution < -0.4 is 10.6 Å². The highest BCUT2D eigenvalue weighted by atomic mass is 19.2. The number of carbonyl (C=O) groups excluding carboxylic acids is 1. The van der Waals surface area contributed by atoms with E-state index in [0.29, 0.717) is 17.2 Å². The summed E-state index contributed by atoms with van der Waals surface area (Å²) in [4.78, 5) is 20.4. The average molecular weight is 354 g/mol. The van der Waals surface area contributed by atoms with Crippen molar-refractivity contribution in [2.75, 3.05) is 10.6 Å². The number of nitrogens with zero attached hydrogens (tertiary/aromatic N) is 2. The maximum atomic E-state index is 13.2. The van der Waals surface area contributed by atoms with E-state index in [9.17, 15) is 13.6 Å². The number of rotatable bonds is 4. The number of nitrogens with one attached hydrogen (secondary N) is 2. The van der Waals surface area contributed by atoms with Crippen molar-refractivity contribution in [1.82, 2.24) is 9.97 Å². The van der Waals surface area contributed by atoms with Gasteiger partial charge in [-0.2, -0.15) is 0 Å². The van der Waals surface area contributed by atoms with Crippen molar-refractivity contribution in [3.8, 4) is 0 Å². The summed E-state index contributed by atoms with van der Waals surface area (Å²) >= 11 is 0. The molecule has 0 aliphatic carbocycles. The van der Waals surface area contributed by atoms with Gasteiger partial charge in [0.05, 0.1) is 12.4 Å². The molecule has 3 rings (SSSR count). The van der Waals surface area contributed by atoms with Crippen molar-refractivity contribution in [1.29, 1.82) is 0 Å². The minimum absolute atomic E-state index is 0.139. The molecule has 26 heavy (non-hydrogen) atoms. The molecule has 1 amide bonds. The topological polar surface area (TPSA) is 66.9 Å². The molecule has 0 aliphatic rings. The smallest absolute Gasteiger partial charge is 0.275 e. The van der Waals surface area contributed by atoms with Gasteiger partial charge in [0, 0.05) is 17.4 Å². The number of aryl methyl sites for hydroxylation is 2. The molecule has 5 nitrogen and oxygen atoms in total. The normalized spacial score (nSPS) is 10.5. The molecule has 0 saturated heterocycles. The van der Waals surface area contributed by atoms with Crippen molar-refractivity contribution in [2.24, 2.45) is 0 Å². The summed E-state index contributed by atoms with van der Waals surface area (Å²) in [6, 6.07) is 9.12. The molecular weight excluding hydrogens is 338 g/mol. The first-order valence-corrected chi connectivity index (χ1v) is 7.84. The summed E-state index contributed by atoms with van der Waals surface area (Å²) in [5.41, 5.74) is 3.22. The minimum Gasteiger partial charge on any atom is -0.339 e. The molecule has 0 radical (unpaired) electrons. The molecule has 0 unspecified atom stereocenters. The minimum atomic E-state index is -0.965. The molecule has 0 fully saturated rings. The van der Waals surface area contributed by atoms with Gasteiger partial charge in [0.25, 0.3) is 5.91 Å².